The molecule has 0 aliphatic carbocycles. The summed E-state index contributed by atoms with van der Waals surface area (Å²) < 4.78 is 27.1. The number of benzene rings is 2. The van der Waals surface area contributed by atoms with Crippen molar-refractivity contribution >= 4 is 23.5 Å². The maximum atomic E-state index is 12.7. The Labute approximate surface area is 204 Å². The number of amides is 2. The molecule has 0 aromatic heterocycles. The van der Waals surface area contributed by atoms with Crippen molar-refractivity contribution in [3.8, 4) is 17.2 Å². The maximum absolute atomic E-state index is 12.7. The number of rotatable bonds is 10. The highest BCUT2D eigenvalue weighted by Crippen LogP contribution is 2.29. The number of methoxy groups -OCH3 is 1. The molecule has 0 saturated carbocycles. The third-order valence-electron chi connectivity index (χ3n) is 5.21. The fourth-order valence-corrected chi connectivity index (χ4v) is 3.33. The van der Waals surface area contributed by atoms with Gasteiger partial charge in [-0.2, -0.15) is 0 Å². The quantitative estimate of drug-likeness (QED) is 0.510. The number of nitrogens with one attached hydrogen (secondary N) is 1. The second-order valence-electron chi connectivity index (χ2n) is 7.61. The highest BCUT2D eigenvalue weighted by Gasteiger charge is 2.22. The van der Waals surface area contributed by atoms with Gasteiger partial charge in [-0.25, -0.2) is 4.79 Å². The molecule has 0 spiro atoms. The van der Waals surface area contributed by atoms with Crippen molar-refractivity contribution in [2.75, 3.05) is 51.9 Å². The number of nitrogens with zero attached hydrogens (tertiary/aromatic N) is 1. The van der Waals surface area contributed by atoms with Crippen molar-refractivity contribution in [1.29, 1.82) is 0 Å². The van der Waals surface area contributed by atoms with Gasteiger partial charge in [0, 0.05) is 13.1 Å². The van der Waals surface area contributed by atoms with E-state index in [1.807, 2.05) is 0 Å². The molecule has 0 radical (unpaired) electrons. The molecule has 35 heavy (non-hydrogen) atoms. The van der Waals surface area contributed by atoms with E-state index in [4.69, 9.17) is 23.7 Å². The molecule has 10 nitrogen and oxygen atoms in total. The van der Waals surface area contributed by atoms with Crippen molar-refractivity contribution in [2.45, 2.75) is 20.0 Å². The van der Waals surface area contributed by atoms with Crippen LogP contribution in [0.2, 0.25) is 0 Å². The third kappa shape index (κ3) is 7.10. The number of esters is 1. The van der Waals surface area contributed by atoms with Crippen LogP contribution >= 0.6 is 0 Å². The standard InChI is InChI=1S/C25H30N2O8/c1-4-33-22-15-18(9-10-21(22)34-16-23(28)27-11-13-32-14-12-27)25(30)35-17(2)24(29)26-19-7-5-6-8-20(19)31-3/h5-10,15,17H,4,11-14,16H2,1-3H3,(H,26,29). The summed E-state index contributed by atoms with van der Waals surface area (Å²) in [5, 5.41) is 2.68. The Kier molecular flexibility index (Phi) is 9.31. The molecule has 1 saturated heterocycles. The van der Waals surface area contributed by atoms with Crippen LogP contribution in [-0.4, -0.2) is 75.4 Å². The topological polar surface area (TPSA) is 113 Å². The Bertz CT molecular complexity index is 1040. The van der Waals surface area contributed by atoms with Gasteiger partial charge in [-0.05, 0) is 44.2 Å². The van der Waals surface area contributed by atoms with Gasteiger partial charge in [-0.15, -0.1) is 0 Å². The number of morpholine rings is 1. The fourth-order valence-electron chi connectivity index (χ4n) is 3.33. The number of anilines is 1. The van der Waals surface area contributed by atoms with E-state index in [0.717, 1.165) is 0 Å². The van der Waals surface area contributed by atoms with Crippen LogP contribution in [0.5, 0.6) is 17.2 Å². The highest BCUT2D eigenvalue weighted by molar-refractivity contribution is 5.98. The lowest BCUT2D eigenvalue weighted by Crippen LogP contribution is -2.43. The Morgan fingerprint density at radius 3 is 2.49 bits per heavy atom. The molecule has 1 atom stereocenters. The van der Waals surface area contributed by atoms with Crippen molar-refractivity contribution in [2.24, 2.45) is 0 Å². The summed E-state index contributed by atoms with van der Waals surface area (Å²) in [6.07, 6.45) is -1.06. The molecule has 0 bridgehead atoms. The SMILES string of the molecule is CCOc1cc(C(=O)OC(C)C(=O)Nc2ccccc2OC)ccc1OCC(=O)N1CCOCC1. The van der Waals surface area contributed by atoms with Gasteiger partial charge < -0.3 is 33.9 Å². The van der Waals surface area contributed by atoms with Gasteiger partial charge in [0.1, 0.15) is 5.75 Å². The number of para-hydroxylation sites is 2. The van der Waals surface area contributed by atoms with E-state index in [1.165, 1.54) is 32.2 Å². The van der Waals surface area contributed by atoms with Gasteiger partial charge in [0.2, 0.25) is 0 Å². The number of carbonyl (C=O) groups excluding carboxylic acids is 3. The van der Waals surface area contributed by atoms with Crippen molar-refractivity contribution in [3.63, 3.8) is 0 Å². The van der Waals surface area contributed by atoms with Crippen LogP contribution in [0, 0.1) is 0 Å². The van der Waals surface area contributed by atoms with Crippen molar-refractivity contribution < 1.29 is 38.1 Å². The summed E-state index contributed by atoms with van der Waals surface area (Å²) in [7, 11) is 1.50. The summed E-state index contributed by atoms with van der Waals surface area (Å²) in [6.45, 7) is 5.47. The molecule has 2 amide bonds. The minimum Gasteiger partial charge on any atom is -0.495 e. The third-order valence-corrected chi connectivity index (χ3v) is 5.21. The highest BCUT2D eigenvalue weighted by atomic mass is 16.5. The molecule has 1 aliphatic heterocycles. The molecular formula is C25H30N2O8. The first-order valence-corrected chi connectivity index (χ1v) is 11.3. The Balaban J connectivity index is 1.61. The lowest BCUT2D eigenvalue weighted by Gasteiger charge is -2.26. The molecule has 2 aromatic rings. The molecule has 3 rings (SSSR count). The lowest BCUT2D eigenvalue weighted by molar-refractivity contribution is -0.137. The smallest absolute Gasteiger partial charge is 0.339 e. The zero-order valence-corrected chi connectivity index (χ0v) is 20.1. The van der Waals surface area contributed by atoms with Gasteiger partial charge in [-0.3, -0.25) is 9.59 Å². The molecule has 1 N–H and O–H groups in total. The second-order valence-corrected chi connectivity index (χ2v) is 7.61. The van der Waals surface area contributed by atoms with Crippen LogP contribution < -0.4 is 19.5 Å². The molecule has 1 fully saturated rings. The zero-order valence-electron chi connectivity index (χ0n) is 20.1. The van der Waals surface area contributed by atoms with Crippen molar-refractivity contribution in [3.05, 3.63) is 48.0 Å². The van der Waals surface area contributed by atoms with Gasteiger partial charge in [0.05, 0.1) is 38.2 Å². The summed E-state index contributed by atoms with van der Waals surface area (Å²) in [4.78, 5) is 39.2. The molecule has 188 valence electrons. The second kappa shape index (κ2) is 12.6. The van der Waals surface area contributed by atoms with Crippen LogP contribution in [0.4, 0.5) is 5.69 Å². The van der Waals surface area contributed by atoms with Gasteiger partial charge in [0.25, 0.3) is 11.8 Å². The van der Waals surface area contributed by atoms with E-state index < -0.39 is 18.0 Å². The van der Waals surface area contributed by atoms with Gasteiger partial charge >= 0.3 is 5.97 Å². The van der Waals surface area contributed by atoms with Crippen LogP contribution in [0.15, 0.2) is 42.5 Å². The number of hydrogen-bond donors (Lipinski definition) is 1. The molecule has 10 heteroatoms. The van der Waals surface area contributed by atoms with Crippen LogP contribution in [0.25, 0.3) is 0 Å². The molecule has 2 aromatic carbocycles. The summed E-state index contributed by atoms with van der Waals surface area (Å²) in [6, 6.07) is 11.4. The van der Waals surface area contributed by atoms with Crippen molar-refractivity contribution in [1.82, 2.24) is 4.90 Å². The predicted molar refractivity (Wildman–Crippen MR) is 127 cm³/mol. The fraction of sp³-hybridized carbons (Fsp3) is 0.400. The van der Waals surface area contributed by atoms with Crippen LogP contribution in [-0.2, 0) is 19.1 Å². The van der Waals surface area contributed by atoms with E-state index in [0.29, 0.717) is 55.8 Å². The minimum atomic E-state index is -1.06. The monoisotopic (exact) mass is 486 g/mol. The van der Waals surface area contributed by atoms with E-state index in [1.54, 1.807) is 36.1 Å². The summed E-state index contributed by atoms with van der Waals surface area (Å²) in [5.74, 6) is -0.258. The first-order valence-electron chi connectivity index (χ1n) is 11.3. The normalized spacial score (nSPS) is 14.0. The Morgan fingerprint density at radius 2 is 1.77 bits per heavy atom. The van der Waals surface area contributed by atoms with Crippen LogP contribution in [0.1, 0.15) is 24.2 Å². The zero-order chi connectivity index (χ0) is 25.2. The first-order chi connectivity index (χ1) is 16.9. The summed E-state index contributed by atoms with van der Waals surface area (Å²) >= 11 is 0. The summed E-state index contributed by atoms with van der Waals surface area (Å²) in [5.41, 5.74) is 0.645. The van der Waals surface area contributed by atoms with E-state index in [2.05, 4.69) is 5.32 Å². The first kappa shape index (κ1) is 25.8. The van der Waals surface area contributed by atoms with Crippen LogP contribution in [0.3, 0.4) is 0 Å². The van der Waals surface area contributed by atoms with Gasteiger partial charge in [0.15, 0.2) is 24.2 Å². The van der Waals surface area contributed by atoms with E-state index in [-0.39, 0.29) is 18.1 Å². The number of carbonyl (C=O) groups is 3. The lowest BCUT2D eigenvalue weighted by atomic mass is 10.2. The molecular weight excluding hydrogens is 456 g/mol. The maximum Gasteiger partial charge on any atom is 0.339 e. The number of hydrogen-bond acceptors (Lipinski definition) is 8. The Hall–Kier alpha value is -3.79. The van der Waals surface area contributed by atoms with E-state index >= 15 is 0 Å². The largest absolute Gasteiger partial charge is 0.495 e. The number of ether oxygens (including phenoxy) is 5. The minimum absolute atomic E-state index is 0.158. The average molecular weight is 487 g/mol. The molecule has 1 unspecified atom stereocenters. The average Bonchev–Trinajstić information content (AvgIpc) is 2.88. The van der Waals surface area contributed by atoms with E-state index in [9.17, 15) is 14.4 Å². The Morgan fingerprint density at radius 1 is 1.03 bits per heavy atom. The van der Waals surface area contributed by atoms with Gasteiger partial charge in [-0.1, -0.05) is 12.1 Å². The molecule has 1 heterocycles. The molecule has 1 aliphatic rings. The predicted octanol–water partition coefficient (Wildman–Crippen LogP) is 2.52.